The minimum absolute atomic E-state index is 0.0552. The number of carbonyl (C=O) groups is 2. The molecule has 0 saturated heterocycles. The summed E-state index contributed by atoms with van der Waals surface area (Å²) >= 11 is 0. The number of aliphatic hydroxyl groups excluding tert-OH is 1. The largest absolute Gasteiger partial charge is 0.393 e. The standard InChI is InChI=1S/C40H56O3/c1-30(18-13-20-32(3)22-24-35(42)39(9)27-15-26-37(39,5)6)16-11-12-17-31(2)19-14-21-33(4)23-25-36(43)40(10)29-34(41)28-38(40,7)8/h11-14,16-25,34,41H,15,26-29H2,1-10H3/b12-11+,18-13+,19-14+,24-22+,25-23+,30-16+,31-17+,32-20+,33-21+/t34-,39+,40-/m1/s1. The molecular weight excluding hydrogens is 528 g/mol. The van der Waals surface area contributed by atoms with Crippen molar-refractivity contribution in [3.63, 3.8) is 0 Å². The van der Waals surface area contributed by atoms with Crippen LogP contribution in [0.4, 0.5) is 0 Å². The highest BCUT2D eigenvalue weighted by atomic mass is 16.3. The van der Waals surface area contributed by atoms with Crippen LogP contribution in [-0.2, 0) is 9.59 Å². The molecule has 43 heavy (non-hydrogen) atoms. The molecular formula is C40H56O3. The quantitative estimate of drug-likeness (QED) is 0.183. The van der Waals surface area contributed by atoms with Gasteiger partial charge in [-0.25, -0.2) is 0 Å². The van der Waals surface area contributed by atoms with Crippen LogP contribution in [0.2, 0.25) is 0 Å². The smallest absolute Gasteiger partial charge is 0.162 e. The summed E-state index contributed by atoms with van der Waals surface area (Å²) in [5.41, 5.74) is 3.34. The van der Waals surface area contributed by atoms with Crippen molar-refractivity contribution in [2.24, 2.45) is 21.7 Å². The van der Waals surface area contributed by atoms with Crippen LogP contribution in [0.5, 0.6) is 0 Å². The maximum atomic E-state index is 12.9. The first-order valence-electron chi connectivity index (χ1n) is 15.8. The van der Waals surface area contributed by atoms with E-state index in [4.69, 9.17) is 0 Å². The van der Waals surface area contributed by atoms with Gasteiger partial charge in [0.25, 0.3) is 0 Å². The Morgan fingerprint density at radius 1 is 0.535 bits per heavy atom. The van der Waals surface area contributed by atoms with Crippen molar-refractivity contribution in [1.82, 2.24) is 0 Å². The molecule has 0 unspecified atom stereocenters. The van der Waals surface area contributed by atoms with Gasteiger partial charge in [0.15, 0.2) is 11.6 Å². The number of rotatable bonds is 12. The van der Waals surface area contributed by atoms with E-state index in [1.54, 1.807) is 12.2 Å². The second-order valence-electron chi connectivity index (χ2n) is 14.5. The van der Waals surface area contributed by atoms with Gasteiger partial charge in [-0.1, -0.05) is 143 Å². The summed E-state index contributed by atoms with van der Waals surface area (Å²) < 4.78 is 0. The molecule has 0 aromatic rings. The van der Waals surface area contributed by atoms with Gasteiger partial charge in [0.2, 0.25) is 0 Å². The normalized spacial score (nSPS) is 29.0. The number of allylic oxidation sites excluding steroid dienone is 18. The number of ketones is 2. The summed E-state index contributed by atoms with van der Waals surface area (Å²) in [7, 11) is 0. The van der Waals surface area contributed by atoms with Crippen molar-refractivity contribution in [1.29, 1.82) is 0 Å². The Hall–Kier alpha value is -3.04. The molecule has 0 bridgehead atoms. The Labute approximate surface area is 262 Å². The Morgan fingerprint density at radius 2 is 0.953 bits per heavy atom. The average molecular weight is 585 g/mol. The maximum absolute atomic E-state index is 12.9. The van der Waals surface area contributed by atoms with E-state index in [2.05, 4.69) is 59.8 Å². The van der Waals surface area contributed by atoms with Crippen LogP contribution in [0.25, 0.3) is 0 Å². The molecule has 2 saturated carbocycles. The fraction of sp³-hybridized carbons (Fsp3) is 0.500. The van der Waals surface area contributed by atoms with Crippen LogP contribution in [0.3, 0.4) is 0 Å². The lowest BCUT2D eigenvalue weighted by atomic mass is 9.66. The van der Waals surface area contributed by atoms with Crippen LogP contribution in [-0.4, -0.2) is 22.8 Å². The van der Waals surface area contributed by atoms with Gasteiger partial charge in [0.05, 0.1) is 6.10 Å². The first-order chi connectivity index (χ1) is 19.9. The molecule has 2 fully saturated rings. The van der Waals surface area contributed by atoms with Crippen LogP contribution < -0.4 is 0 Å². The highest BCUT2D eigenvalue weighted by Gasteiger charge is 2.53. The second kappa shape index (κ2) is 15.1. The molecule has 3 nitrogen and oxygen atoms in total. The molecule has 2 aliphatic carbocycles. The van der Waals surface area contributed by atoms with Crippen molar-refractivity contribution in [3.8, 4) is 0 Å². The third-order valence-electron chi connectivity index (χ3n) is 10.2. The predicted octanol–water partition coefficient (Wildman–Crippen LogP) is 10.1. The summed E-state index contributed by atoms with van der Waals surface area (Å²) in [5.74, 6) is 0.318. The van der Waals surface area contributed by atoms with Gasteiger partial charge in [0, 0.05) is 10.8 Å². The molecule has 0 aromatic heterocycles. The highest BCUT2D eigenvalue weighted by molar-refractivity contribution is 5.96. The van der Waals surface area contributed by atoms with Crippen LogP contribution in [0.1, 0.15) is 101 Å². The van der Waals surface area contributed by atoms with Crippen molar-refractivity contribution in [2.75, 3.05) is 0 Å². The predicted molar refractivity (Wildman–Crippen MR) is 184 cm³/mol. The van der Waals surface area contributed by atoms with E-state index >= 15 is 0 Å². The molecule has 1 N–H and O–H groups in total. The highest BCUT2D eigenvalue weighted by Crippen LogP contribution is 2.54. The van der Waals surface area contributed by atoms with E-state index in [1.807, 2.05) is 82.4 Å². The van der Waals surface area contributed by atoms with E-state index in [1.165, 1.54) is 0 Å². The van der Waals surface area contributed by atoms with Gasteiger partial charge in [0.1, 0.15) is 0 Å². The van der Waals surface area contributed by atoms with Gasteiger partial charge < -0.3 is 5.11 Å². The Morgan fingerprint density at radius 3 is 1.35 bits per heavy atom. The summed E-state index contributed by atoms with van der Waals surface area (Å²) in [6.07, 6.45) is 31.5. The zero-order chi connectivity index (χ0) is 32.5. The summed E-state index contributed by atoms with van der Waals surface area (Å²) in [6.45, 7) is 20.8. The lowest BCUT2D eigenvalue weighted by Gasteiger charge is -2.36. The number of aliphatic hydroxyl groups is 1. The summed E-state index contributed by atoms with van der Waals surface area (Å²) in [5, 5.41) is 10.1. The fourth-order valence-corrected chi connectivity index (χ4v) is 6.15. The lowest BCUT2D eigenvalue weighted by molar-refractivity contribution is -0.128. The Balaban J connectivity index is 1.86. The van der Waals surface area contributed by atoms with Gasteiger partial charge >= 0.3 is 0 Å². The second-order valence-corrected chi connectivity index (χ2v) is 14.5. The van der Waals surface area contributed by atoms with Gasteiger partial charge in [-0.15, -0.1) is 0 Å². The van der Waals surface area contributed by atoms with E-state index in [-0.39, 0.29) is 27.8 Å². The molecule has 3 heteroatoms. The van der Waals surface area contributed by atoms with E-state index < -0.39 is 11.5 Å². The zero-order valence-corrected chi connectivity index (χ0v) is 28.5. The number of hydrogen-bond donors (Lipinski definition) is 1. The Bertz CT molecular complexity index is 1300. The molecule has 0 spiro atoms. The van der Waals surface area contributed by atoms with E-state index in [0.717, 1.165) is 41.6 Å². The fourth-order valence-electron chi connectivity index (χ4n) is 6.15. The minimum Gasteiger partial charge on any atom is -0.393 e. The first kappa shape index (κ1) is 36.2. The minimum atomic E-state index is -0.535. The third-order valence-corrected chi connectivity index (χ3v) is 10.2. The van der Waals surface area contributed by atoms with Gasteiger partial charge in [-0.2, -0.15) is 0 Å². The molecule has 0 aromatic carbocycles. The van der Waals surface area contributed by atoms with Crippen molar-refractivity contribution in [2.45, 2.75) is 107 Å². The molecule has 0 heterocycles. The maximum Gasteiger partial charge on any atom is 0.162 e. The number of carbonyl (C=O) groups excluding carboxylic acids is 2. The molecule has 3 atom stereocenters. The van der Waals surface area contributed by atoms with Crippen LogP contribution >= 0.6 is 0 Å². The number of hydrogen-bond acceptors (Lipinski definition) is 3. The van der Waals surface area contributed by atoms with Gasteiger partial charge in [-0.05, 0) is 76.4 Å². The summed E-state index contributed by atoms with van der Waals surface area (Å²) in [6, 6.07) is 0. The molecule has 0 aliphatic heterocycles. The van der Waals surface area contributed by atoms with Crippen molar-refractivity contribution in [3.05, 3.63) is 107 Å². The van der Waals surface area contributed by atoms with Gasteiger partial charge in [-0.3, -0.25) is 9.59 Å². The van der Waals surface area contributed by atoms with Crippen molar-refractivity contribution >= 4 is 11.6 Å². The lowest BCUT2D eigenvalue weighted by Crippen LogP contribution is -2.36. The van der Waals surface area contributed by atoms with Crippen LogP contribution in [0, 0.1) is 21.7 Å². The topological polar surface area (TPSA) is 54.4 Å². The Kier molecular flexibility index (Phi) is 12.7. The third kappa shape index (κ3) is 9.73. The SMILES string of the molecule is CC(/C=C/C=C(C)/C=C/C(=O)[C@]1(C)CCCC1(C)C)=C\C=C\C=C(C)\C=C\C=C(C)\C=C\C(=O)[C@@]1(C)C[C@H](O)CC1(C)C. The average Bonchev–Trinajstić information content (AvgIpc) is 3.32. The zero-order valence-electron chi connectivity index (χ0n) is 28.5. The molecule has 0 radical (unpaired) electrons. The molecule has 2 rings (SSSR count). The molecule has 234 valence electrons. The van der Waals surface area contributed by atoms with Crippen molar-refractivity contribution < 1.29 is 14.7 Å². The monoisotopic (exact) mass is 584 g/mol. The summed E-state index contributed by atoms with van der Waals surface area (Å²) in [4.78, 5) is 25.8. The molecule has 0 amide bonds. The van der Waals surface area contributed by atoms with E-state index in [0.29, 0.717) is 12.8 Å². The van der Waals surface area contributed by atoms with E-state index in [9.17, 15) is 14.7 Å². The first-order valence-corrected chi connectivity index (χ1v) is 15.8. The van der Waals surface area contributed by atoms with Crippen LogP contribution in [0.15, 0.2) is 107 Å². The molecule has 2 aliphatic rings.